The van der Waals surface area contributed by atoms with Crippen molar-refractivity contribution in [3.8, 4) is 67.5 Å². The first-order valence-corrected chi connectivity index (χ1v) is 35.1. The molecule has 6 aromatic heterocycles. The molecule has 6 nitrogen and oxygen atoms in total. The van der Waals surface area contributed by atoms with Gasteiger partial charge in [-0.15, -0.1) is 0 Å². The van der Waals surface area contributed by atoms with Crippen LogP contribution in [0, 0.1) is 0 Å². The summed E-state index contributed by atoms with van der Waals surface area (Å²) in [6, 6.07) is 136. The Kier molecular flexibility index (Phi) is 12.1. The van der Waals surface area contributed by atoms with E-state index in [0.29, 0.717) is 0 Å². The lowest BCUT2D eigenvalue weighted by atomic mass is 9.93. The lowest BCUT2D eigenvalue weighted by Gasteiger charge is -2.19. The summed E-state index contributed by atoms with van der Waals surface area (Å²) in [5.41, 5.74) is 26.7. The van der Waals surface area contributed by atoms with Crippen molar-refractivity contribution < 1.29 is 0 Å². The second kappa shape index (κ2) is 21.9. The van der Waals surface area contributed by atoms with E-state index in [0.717, 1.165) is 134 Å². The van der Waals surface area contributed by atoms with E-state index in [2.05, 4.69) is 391 Å². The number of hydrogen-bond acceptors (Lipinski definition) is 0. The third-order valence-corrected chi connectivity index (χ3v) is 21.7. The molecule has 0 amide bonds. The van der Waals surface area contributed by atoms with Crippen molar-refractivity contribution in [3.63, 3.8) is 0 Å². The van der Waals surface area contributed by atoms with Gasteiger partial charge in [-0.2, -0.15) is 0 Å². The SMILES string of the molecule is c1ccc2c(c1)c1ccccc1n2-c1cc(-c2cc(-c3cc(-n4c5ccccc5c5ccccc54)cc(-n4c5ccccc5c5ccccc54)c3)cc(-n3c4ccccc4c4ccccc43)c2)cc(-c2cc(-n3c4ccccc4c4ccccc43)cc(-n3c4ccccc4c4ccccc43)c2)c1. The van der Waals surface area contributed by atoms with Crippen LogP contribution >= 0.6 is 0 Å². The van der Waals surface area contributed by atoms with E-state index in [9.17, 15) is 0 Å². The number of fused-ring (bicyclic) bond motifs is 18. The van der Waals surface area contributed by atoms with Crippen molar-refractivity contribution >= 4 is 131 Å². The molecule has 16 aromatic carbocycles. The van der Waals surface area contributed by atoms with Gasteiger partial charge in [0.05, 0.1) is 66.2 Å². The van der Waals surface area contributed by atoms with Crippen LogP contribution in [0.4, 0.5) is 0 Å². The Labute approximate surface area is 586 Å². The van der Waals surface area contributed by atoms with Crippen LogP contribution in [-0.2, 0) is 0 Å². The molecule has 0 atom stereocenters. The molecule has 0 aliphatic rings. The second-order valence-corrected chi connectivity index (χ2v) is 27.2. The summed E-state index contributed by atoms with van der Waals surface area (Å²) < 4.78 is 14.9. The fraction of sp³-hybridized carbons (Fsp3) is 0. The molecule has 22 rings (SSSR count). The van der Waals surface area contributed by atoms with Gasteiger partial charge in [-0.25, -0.2) is 0 Å². The van der Waals surface area contributed by atoms with Gasteiger partial charge in [0.2, 0.25) is 0 Å². The minimum atomic E-state index is 1.06. The standard InChI is InChI=1S/C96H60N6/c1-13-37-85-73(25-1)74-26-2-14-38-86(74)97(85)67-51-61(49-63(53-67)65-55-69(99-89-41-17-5-29-77(89)78-30-6-18-42-90(78)99)59-70(56-65)100-91-43-19-7-31-79(91)80-32-8-20-44-92(80)100)62-50-64(54-68(52-62)98-87-39-15-3-27-75(87)76-28-4-16-40-88(76)98)66-57-71(101-93-45-21-9-33-81(93)82-34-10-22-46-94(82)101)60-72(58-66)102-95-47-23-11-35-83(95)84-36-12-24-48-96(84)102/h1-60H. The summed E-state index contributed by atoms with van der Waals surface area (Å²) in [5, 5.41) is 14.6. The Morgan fingerprint density at radius 2 is 0.216 bits per heavy atom. The van der Waals surface area contributed by atoms with E-state index in [4.69, 9.17) is 0 Å². The van der Waals surface area contributed by atoms with E-state index in [-0.39, 0.29) is 0 Å². The lowest BCUT2D eigenvalue weighted by Crippen LogP contribution is -2.01. The van der Waals surface area contributed by atoms with E-state index < -0.39 is 0 Å². The van der Waals surface area contributed by atoms with Crippen molar-refractivity contribution in [2.24, 2.45) is 0 Å². The molecular formula is C96H60N6. The quantitative estimate of drug-likeness (QED) is 0.138. The molecule has 22 aromatic rings. The predicted molar refractivity (Wildman–Crippen MR) is 429 cm³/mol. The number of nitrogens with zero attached hydrogens (tertiary/aromatic N) is 6. The zero-order valence-corrected chi connectivity index (χ0v) is 55.3. The molecule has 0 spiro atoms. The Balaban J connectivity index is 0.865. The third kappa shape index (κ3) is 8.35. The Bertz CT molecular complexity index is 6260. The Morgan fingerprint density at radius 3 is 0.353 bits per heavy atom. The molecule has 0 fully saturated rings. The van der Waals surface area contributed by atoms with Crippen LogP contribution in [0.2, 0.25) is 0 Å². The summed E-state index contributed by atoms with van der Waals surface area (Å²) >= 11 is 0. The smallest absolute Gasteiger partial charge is 0.0541 e. The van der Waals surface area contributed by atoms with E-state index in [1.165, 1.54) is 64.6 Å². The molecule has 6 heteroatoms. The number of aromatic nitrogens is 6. The molecule has 0 saturated carbocycles. The monoisotopic (exact) mass is 1300 g/mol. The Morgan fingerprint density at radius 1 is 0.108 bits per heavy atom. The van der Waals surface area contributed by atoms with Gasteiger partial charge in [0.15, 0.2) is 0 Å². The maximum absolute atomic E-state index is 2.49. The van der Waals surface area contributed by atoms with Crippen LogP contribution in [0.1, 0.15) is 0 Å². The molecule has 0 N–H and O–H groups in total. The first-order valence-electron chi connectivity index (χ1n) is 35.1. The highest BCUT2D eigenvalue weighted by Crippen LogP contribution is 2.45. The molecule has 0 radical (unpaired) electrons. The largest absolute Gasteiger partial charge is 0.309 e. The lowest BCUT2D eigenvalue weighted by molar-refractivity contribution is 1.13. The maximum Gasteiger partial charge on any atom is 0.0541 e. The van der Waals surface area contributed by atoms with Gasteiger partial charge < -0.3 is 27.4 Å². The minimum Gasteiger partial charge on any atom is -0.309 e. The molecule has 6 heterocycles. The highest BCUT2D eigenvalue weighted by Gasteiger charge is 2.24. The van der Waals surface area contributed by atoms with Crippen molar-refractivity contribution in [3.05, 3.63) is 364 Å². The van der Waals surface area contributed by atoms with Crippen molar-refractivity contribution in [2.45, 2.75) is 0 Å². The molecule has 474 valence electrons. The number of benzene rings is 16. The van der Waals surface area contributed by atoms with Crippen LogP contribution in [0.15, 0.2) is 364 Å². The van der Waals surface area contributed by atoms with Gasteiger partial charge in [0.1, 0.15) is 0 Å². The third-order valence-electron chi connectivity index (χ3n) is 21.7. The number of rotatable bonds is 9. The maximum atomic E-state index is 2.49. The first-order chi connectivity index (χ1) is 50.6. The molecule has 0 aliphatic heterocycles. The average Bonchev–Trinajstić information content (AvgIpc) is 1.57. The first kappa shape index (κ1) is 56.3. The van der Waals surface area contributed by atoms with Gasteiger partial charge in [0, 0.05) is 98.8 Å². The normalized spacial score (nSPS) is 12.1. The highest BCUT2D eigenvalue weighted by molar-refractivity contribution is 6.15. The molecule has 102 heavy (non-hydrogen) atoms. The molecule has 0 bridgehead atoms. The average molecular weight is 1300 g/mol. The number of para-hydroxylation sites is 12. The van der Waals surface area contributed by atoms with Crippen molar-refractivity contribution in [1.82, 2.24) is 27.4 Å². The molecular weight excluding hydrogens is 1240 g/mol. The van der Waals surface area contributed by atoms with Crippen molar-refractivity contribution in [1.29, 1.82) is 0 Å². The molecule has 0 saturated heterocycles. The molecule has 0 aliphatic carbocycles. The van der Waals surface area contributed by atoms with E-state index in [1.807, 2.05) is 0 Å². The topological polar surface area (TPSA) is 29.6 Å². The minimum absolute atomic E-state index is 1.06. The summed E-state index contributed by atoms with van der Waals surface area (Å²) in [6.07, 6.45) is 0. The fourth-order valence-corrected chi connectivity index (χ4v) is 17.4. The Hall–Kier alpha value is -13.7. The van der Waals surface area contributed by atoms with Crippen LogP contribution < -0.4 is 0 Å². The zero-order chi connectivity index (χ0) is 66.7. The van der Waals surface area contributed by atoms with Crippen molar-refractivity contribution in [2.75, 3.05) is 0 Å². The highest BCUT2D eigenvalue weighted by atomic mass is 15.0. The zero-order valence-electron chi connectivity index (χ0n) is 55.3. The van der Waals surface area contributed by atoms with Crippen LogP contribution in [0.25, 0.3) is 198 Å². The molecule has 0 unspecified atom stereocenters. The van der Waals surface area contributed by atoms with Gasteiger partial charge in [-0.05, 0) is 179 Å². The fourth-order valence-electron chi connectivity index (χ4n) is 17.4. The van der Waals surface area contributed by atoms with Gasteiger partial charge in [0.25, 0.3) is 0 Å². The second-order valence-electron chi connectivity index (χ2n) is 27.2. The van der Waals surface area contributed by atoms with E-state index in [1.54, 1.807) is 0 Å². The summed E-state index contributed by atoms with van der Waals surface area (Å²) in [5.74, 6) is 0. The van der Waals surface area contributed by atoms with Gasteiger partial charge in [-0.3, -0.25) is 0 Å². The van der Waals surface area contributed by atoms with Crippen LogP contribution in [0.5, 0.6) is 0 Å². The van der Waals surface area contributed by atoms with Crippen LogP contribution in [0.3, 0.4) is 0 Å². The number of hydrogen-bond donors (Lipinski definition) is 0. The van der Waals surface area contributed by atoms with Gasteiger partial charge in [-0.1, -0.05) is 218 Å². The predicted octanol–water partition coefficient (Wildman–Crippen LogP) is 25.3. The summed E-state index contributed by atoms with van der Waals surface area (Å²) in [6.45, 7) is 0. The van der Waals surface area contributed by atoms with E-state index >= 15 is 0 Å². The van der Waals surface area contributed by atoms with Crippen LogP contribution in [-0.4, -0.2) is 27.4 Å². The van der Waals surface area contributed by atoms with Gasteiger partial charge >= 0.3 is 0 Å². The summed E-state index contributed by atoms with van der Waals surface area (Å²) in [7, 11) is 0. The summed E-state index contributed by atoms with van der Waals surface area (Å²) in [4.78, 5) is 0.